The lowest BCUT2D eigenvalue weighted by molar-refractivity contribution is -0.160. The molecule has 0 unspecified atom stereocenters. The highest BCUT2D eigenvalue weighted by molar-refractivity contribution is 14.1. The number of amides is 2. The van der Waals surface area contributed by atoms with Crippen LogP contribution in [0.3, 0.4) is 0 Å². The molecule has 2 aliphatic heterocycles. The van der Waals surface area contributed by atoms with Crippen LogP contribution in [-0.4, -0.2) is 53.6 Å². The van der Waals surface area contributed by atoms with Gasteiger partial charge >= 0.3 is 5.97 Å². The number of methoxy groups -OCH3 is 1. The molecule has 0 aromatic heterocycles. The van der Waals surface area contributed by atoms with E-state index >= 15 is 0 Å². The second-order valence-corrected chi connectivity index (χ2v) is 8.46. The summed E-state index contributed by atoms with van der Waals surface area (Å²) < 4.78 is 11.4. The summed E-state index contributed by atoms with van der Waals surface area (Å²) in [5.41, 5.74) is 1.85. The molecule has 144 valence electrons. The molecule has 1 aromatic carbocycles. The van der Waals surface area contributed by atoms with Gasteiger partial charge in [0.2, 0.25) is 0 Å². The SMILES string of the molecule is CO[C@H]1C(=O)N2C(C(=O)NCc3cccc(I)c3)=C(COC(C)=O)CS[C@H]12. The number of hydrogen-bond donors (Lipinski definition) is 1. The van der Waals surface area contributed by atoms with E-state index in [1.54, 1.807) is 0 Å². The number of rotatable bonds is 6. The Morgan fingerprint density at radius 3 is 2.85 bits per heavy atom. The number of carbonyl (C=O) groups excluding carboxylic acids is 3. The van der Waals surface area contributed by atoms with Gasteiger partial charge < -0.3 is 14.8 Å². The van der Waals surface area contributed by atoms with Gasteiger partial charge in [-0.25, -0.2) is 0 Å². The molecule has 2 aliphatic rings. The molecule has 7 nitrogen and oxygen atoms in total. The smallest absolute Gasteiger partial charge is 0.302 e. The highest BCUT2D eigenvalue weighted by atomic mass is 127. The number of thioether (sulfide) groups is 1. The van der Waals surface area contributed by atoms with Crippen molar-refractivity contribution in [2.75, 3.05) is 19.5 Å². The second kappa shape index (κ2) is 8.61. The minimum absolute atomic E-state index is 0.0114. The zero-order valence-electron chi connectivity index (χ0n) is 14.9. The van der Waals surface area contributed by atoms with Crippen molar-refractivity contribution < 1.29 is 23.9 Å². The first kappa shape index (κ1) is 20.2. The average molecular weight is 502 g/mol. The van der Waals surface area contributed by atoms with E-state index in [4.69, 9.17) is 9.47 Å². The van der Waals surface area contributed by atoms with Crippen molar-refractivity contribution in [3.63, 3.8) is 0 Å². The number of benzene rings is 1. The average Bonchev–Trinajstić information content (AvgIpc) is 2.64. The summed E-state index contributed by atoms with van der Waals surface area (Å²) in [5.74, 6) is -0.551. The summed E-state index contributed by atoms with van der Waals surface area (Å²) in [7, 11) is 1.48. The maximum atomic E-state index is 12.9. The quantitative estimate of drug-likeness (QED) is 0.362. The van der Waals surface area contributed by atoms with Crippen LogP contribution in [0.15, 0.2) is 35.5 Å². The molecule has 2 heterocycles. The molecule has 0 bridgehead atoms. The Morgan fingerprint density at radius 1 is 1.41 bits per heavy atom. The summed E-state index contributed by atoms with van der Waals surface area (Å²) in [6, 6.07) is 7.79. The Hall–Kier alpha value is -1.59. The maximum absolute atomic E-state index is 12.9. The van der Waals surface area contributed by atoms with Crippen LogP contribution >= 0.6 is 34.4 Å². The van der Waals surface area contributed by atoms with Crippen molar-refractivity contribution in [1.29, 1.82) is 0 Å². The number of nitrogens with one attached hydrogen (secondary N) is 1. The summed E-state index contributed by atoms with van der Waals surface area (Å²) in [5, 5.41) is 2.63. The van der Waals surface area contributed by atoms with E-state index in [2.05, 4.69) is 27.9 Å². The van der Waals surface area contributed by atoms with Gasteiger partial charge in [-0.3, -0.25) is 19.3 Å². The minimum Gasteiger partial charge on any atom is -0.461 e. The van der Waals surface area contributed by atoms with E-state index in [-0.39, 0.29) is 29.5 Å². The van der Waals surface area contributed by atoms with Crippen molar-refractivity contribution in [3.05, 3.63) is 44.7 Å². The Bertz CT molecular complexity index is 813. The van der Waals surface area contributed by atoms with Crippen LogP contribution in [0, 0.1) is 3.57 Å². The third kappa shape index (κ3) is 4.30. The van der Waals surface area contributed by atoms with Gasteiger partial charge in [0, 0.05) is 35.5 Å². The molecular formula is C18H19IN2O5S. The molecule has 2 amide bonds. The second-order valence-electron chi connectivity index (χ2n) is 6.11. The topological polar surface area (TPSA) is 84.9 Å². The van der Waals surface area contributed by atoms with Gasteiger partial charge in [0.25, 0.3) is 11.8 Å². The van der Waals surface area contributed by atoms with Gasteiger partial charge in [-0.15, -0.1) is 11.8 Å². The summed E-state index contributed by atoms with van der Waals surface area (Å²) in [4.78, 5) is 37.9. The number of β-lactam (4-membered cyclic amide) rings is 1. The Kier molecular flexibility index (Phi) is 6.43. The van der Waals surface area contributed by atoms with Crippen LogP contribution < -0.4 is 5.32 Å². The normalized spacial score (nSPS) is 21.4. The van der Waals surface area contributed by atoms with Gasteiger partial charge in [-0.1, -0.05) is 12.1 Å². The van der Waals surface area contributed by atoms with E-state index in [0.717, 1.165) is 9.13 Å². The number of hydrogen-bond acceptors (Lipinski definition) is 6. The number of esters is 1. The standard InChI is InChI=1S/C18H19IN2O5S/c1-10(22)26-8-12-9-27-18-15(25-2)17(24)21(18)14(12)16(23)20-7-11-4-3-5-13(19)6-11/h3-6,15,18H,7-9H2,1-2H3,(H,20,23)/t15-,18+/m0/s1. The lowest BCUT2D eigenvalue weighted by atomic mass is 10.0. The van der Waals surface area contributed by atoms with Gasteiger partial charge in [-0.2, -0.15) is 0 Å². The molecule has 0 spiro atoms. The first-order valence-corrected chi connectivity index (χ1v) is 10.4. The maximum Gasteiger partial charge on any atom is 0.302 e. The summed E-state index contributed by atoms with van der Waals surface area (Å²) in [6.07, 6.45) is -0.552. The fraction of sp³-hybridized carbons (Fsp3) is 0.389. The molecular weight excluding hydrogens is 483 g/mol. The van der Waals surface area contributed by atoms with Crippen molar-refractivity contribution in [3.8, 4) is 0 Å². The van der Waals surface area contributed by atoms with Crippen molar-refractivity contribution in [2.24, 2.45) is 0 Å². The zero-order chi connectivity index (χ0) is 19.6. The van der Waals surface area contributed by atoms with Crippen LogP contribution in [0.25, 0.3) is 0 Å². The Morgan fingerprint density at radius 2 is 2.19 bits per heavy atom. The van der Waals surface area contributed by atoms with Crippen LogP contribution in [0.1, 0.15) is 12.5 Å². The number of fused-ring (bicyclic) bond motifs is 1. The number of ether oxygens (including phenoxy) is 2. The zero-order valence-corrected chi connectivity index (χ0v) is 17.8. The van der Waals surface area contributed by atoms with Crippen LogP contribution in [0.4, 0.5) is 0 Å². The third-order valence-corrected chi connectivity index (χ3v) is 6.24. The first-order valence-electron chi connectivity index (χ1n) is 8.28. The molecule has 0 saturated carbocycles. The van der Waals surface area contributed by atoms with Gasteiger partial charge in [0.15, 0.2) is 6.10 Å². The van der Waals surface area contributed by atoms with Gasteiger partial charge in [0.1, 0.15) is 17.7 Å². The van der Waals surface area contributed by atoms with Gasteiger partial charge in [0.05, 0.1) is 0 Å². The fourth-order valence-corrected chi connectivity index (χ4v) is 4.92. The molecule has 9 heteroatoms. The van der Waals surface area contributed by atoms with E-state index in [1.165, 1.54) is 30.7 Å². The molecule has 1 N–H and O–H groups in total. The predicted octanol–water partition coefficient (Wildman–Crippen LogP) is 1.65. The number of nitrogens with zero attached hydrogens (tertiary/aromatic N) is 1. The van der Waals surface area contributed by atoms with E-state index in [0.29, 0.717) is 17.9 Å². The molecule has 0 aliphatic carbocycles. The van der Waals surface area contributed by atoms with Crippen molar-refractivity contribution >= 4 is 52.1 Å². The van der Waals surface area contributed by atoms with Crippen molar-refractivity contribution in [2.45, 2.75) is 24.9 Å². The Balaban J connectivity index is 1.80. The molecule has 2 atom stereocenters. The minimum atomic E-state index is -0.552. The fourth-order valence-electron chi connectivity index (χ4n) is 2.96. The van der Waals surface area contributed by atoms with Crippen molar-refractivity contribution in [1.82, 2.24) is 10.2 Å². The Labute approximate surface area is 175 Å². The van der Waals surface area contributed by atoms with Gasteiger partial charge in [-0.05, 0) is 40.3 Å². The highest BCUT2D eigenvalue weighted by Gasteiger charge is 2.53. The molecule has 27 heavy (non-hydrogen) atoms. The van der Waals surface area contributed by atoms with Crippen LogP contribution in [-0.2, 0) is 30.4 Å². The molecule has 1 aromatic rings. The summed E-state index contributed by atoms with van der Waals surface area (Å²) in [6.45, 7) is 1.64. The third-order valence-electron chi connectivity index (χ3n) is 4.26. The predicted molar refractivity (Wildman–Crippen MR) is 109 cm³/mol. The largest absolute Gasteiger partial charge is 0.461 e. The van der Waals surface area contributed by atoms with E-state index in [9.17, 15) is 14.4 Å². The molecule has 1 saturated heterocycles. The lowest BCUT2D eigenvalue weighted by Gasteiger charge is -2.49. The molecule has 0 radical (unpaired) electrons. The molecule has 1 fully saturated rings. The monoisotopic (exact) mass is 502 g/mol. The summed E-state index contributed by atoms with van der Waals surface area (Å²) >= 11 is 3.71. The molecule has 3 rings (SSSR count). The van der Waals surface area contributed by atoms with Crippen LogP contribution in [0.2, 0.25) is 0 Å². The number of halogens is 1. The number of carbonyl (C=O) groups is 3. The van der Waals surface area contributed by atoms with Crippen LogP contribution in [0.5, 0.6) is 0 Å². The van der Waals surface area contributed by atoms with E-state index in [1.807, 2.05) is 24.3 Å². The lowest BCUT2D eigenvalue weighted by Crippen LogP contribution is -2.66. The van der Waals surface area contributed by atoms with E-state index < -0.39 is 12.1 Å². The highest BCUT2D eigenvalue weighted by Crippen LogP contribution is 2.41. The first-order chi connectivity index (χ1) is 12.9.